The number of anilines is 1. The largest absolute Gasteiger partial charge is 0.394 e. The molecule has 5 nitrogen and oxygen atoms in total. The molecular weight excluding hydrogens is 268 g/mol. The molecule has 0 radical (unpaired) electrons. The van der Waals surface area contributed by atoms with E-state index < -0.39 is 0 Å². The summed E-state index contributed by atoms with van der Waals surface area (Å²) in [5.41, 5.74) is 2.32. The molecule has 1 aromatic carbocycles. The van der Waals surface area contributed by atoms with E-state index in [9.17, 15) is 4.79 Å². The Labute approximate surface area is 126 Å². The van der Waals surface area contributed by atoms with Crippen LogP contribution in [-0.4, -0.2) is 62.4 Å². The molecule has 1 aliphatic heterocycles. The van der Waals surface area contributed by atoms with Crippen molar-refractivity contribution in [1.82, 2.24) is 4.90 Å². The van der Waals surface area contributed by atoms with E-state index in [1.165, 1.54) is 5.56 Å². The van der Waals surface area contributed by atoms with Crippen molar-refractivity contribution in [2.24, 2.45) is 0 Å². The summed E-state index contributed by atoms with van der Waals surface area (Å²) in [5.74, 6) is 0.133. The highest BCUT2D eigenvalue weighted by Crippen LogP contribution is 2.14. The number of aryl methyl sites for hydroxylation is 1. The lowest BCUT2D eigenvalue weighted by atomic mass is 10.1. The van der Waals surface area contributed by atoms with Crippen LogP contribution in [-0.2, 0) is 16.0 Å². The van der Waals surface area contributed by atoms with Crippen LogP contribution in [0.4, 0.5) is 5.69 Å². The first-order valence-corrected chi connectivity index (χ1v) is 7.36. The Bertz CT molecular complexity index is 459. The number of ether oxygens (including phenoxy) is 1. The highest BCUT2D eigenvalue weighted by molar-refractivity contribution is 5.76. The summed E-state index contributed by atoms with van der Waals surface area (Å²) in [5, 5.41) is 9.10. The van der Waals surface area contributed by atoms with Gasteiger partial charge in [0.1, 0.15) is 0 Å². The van der Waals surface area contributed by atoms with Crippen LogP contribution in [0.25, 0.3) is 0 Å². The number of hydrogen-bond donors (Lipinski definition) is 1. The standard InChI is InChI=1S/C16H24N2O3/c1-17(2)14-6-3-13(4-7-14)5-8-16(20)18-9-10-21-15(11-18)12-19/h3-4,6-7,15,19H,5,8-12H2,1-2H3. The number of aliphatic hydroxyl groups excluding tert-OH is 1. The number of hydrogen-bond acceptors (Lipinski definition) is 4. The molecule has 1 aliphatic rings. The van der Waals surface area contributed by atoms with Gasteiger partial charge in [0.05, 0.1) is 19.3 Å². The maximum Gasteiger partial charge on any atom is 0.223 e. The van der Waals surface area contributed by atoms with Gasteiger partial charge >= 0.3 is 0 Å². The Kier molecular flexibility index (Phi) is 5.59. The lowest BCUT2D eigenvalue weighted by Gasteiger charge is -2.32. The lowest BCUT2D eigenvalue weighted by molar-refractivity contribution is -0.140. The van der Waals surface area contributed by atoms with Crippen molar-refractivity contribution in [1.29, 1.82) is 0 Å². The Morgan fingerprint density at radius 1 is 1.38 bits per heavy atom. The molecule has 0 saturated carbocycles. The summed E-state index contributed by atoms with van der Waals surface area (Å²) in [6.07, 6.45) is 1.01. The number of carbonyl (C=O) groups is 1. The van der Waals surface area contributed by atoms with Gasteiger partial charge < -0.3 is 19.6 Å². The minimum Gasteiger partial charge on any atom is -0.394 e. The average Bonchev–Trinajstić information content (AvgIpc) is 2.53. The van der Waals surface area contributed by atoms with Crippen LogP contribution in [0.2, 0.25) is 0 Å². The molecule has 1 amide bonds. The maximum absolute atomic E-state index is 12.2. The highest BCUT2D eigenvalue weighted by Gasteiger charge is 2.23. The molecule has 5 heteroatoms. The van der Waals surface area contributed by atoms with Crippen LogP contribution >= 0.6 is 0 Å². The summed E-state index contributed by atoms with van der Waals surface area (Å²) >= 11 is 0. The first-order valence-electron chi connectivity index (χ1n) is 7.36. The third-order valence-electron chi connectivity index (χ3n) is 3.78. The Balaban J connectivity index is 1.83. The van der Waals surface area contributed by atoms with Crippen molar-refractivity contribution in [3.05, 3.63) is 29.8 Å². The van der Waals surface area contributed by atoms with Crippen molar-refractivity contribution < 1.29 is 14.6 Å². The molecule has 1 N–H and O–H groups in total. The van der Waals surface area contributed by atoms with E-state index in [1.54, 1.807) is 4.90 Å². The second-order valence-electron chi connectivity index (χ2n) is 5.58. The van der Waals surface area contributed by atoms with E-state index in [4.69, 9.17) is 9.84 Å². The van der Waals surface area contributed by atoms with Crippen molar-refractivity contribution in [3.8, 4) is 0 Å². The number of amides is 1. The SMILES string of the molecule is CN(C)c1ccc(CCC(=O)N2CCOC(CO)C2)cc1. The van der Waals surface area contributed by atoms with E-state index in [1.807, 2.05) is 14.1 Å². The molecule has 0 aromatic heterocycles. The fraction of sp³-hybridized carbons (Fsp3) is 0.562. The molecule has 2 rings (SSSR count). The van der Waals surface area contributed by atoms with Gasteiger partial charge in [-0.25, -0.2) is 0 Å². The van der Waals surface area contributed by atoms with Gasteiger partial charge in [-0.3, -0.25) is 4.79 Å². The number of nitrogens with zero attached hydrogens (tertiary/aromatic N) is 2. The van der Waals surface area contributed by atoms with Gasteiger partial charge in [-0.2, -0.15) is 0 Å². The highest BCUT2D eigenvalue weighted by atomic mass is 16.5. The van der Waals surface area contributed by atoms with E-state index in [2.05, 4.69) is 29.2 Å². The van der Waals surface area contributed by atoms with Gasteiger partial charge in [0.2, 0.25) is 5.91 Å². The van der Waals surface area contributed by atoms with Gasteiger partial charge in [0.15, 0.2) is 0 Å². The molecule has 1 saturated heterocycles. The van der Waals surface area contributed by atoms with E-state index in [0.29, 0.717) is 26.1 Å². The molecule has 0 aliphatic carbocycles. The molecule has 1 unspecified atom stereocenters. The second-order valence-corrected chi connectivity index (χ2v) is 5.58. The summed E-state index contributed by atoms with van der Waals surface area (Å²) in [7, 11) is 4.02. The third-order valence-corrected chi connectivity index (χ3v) is 3.78. The number of benzene rings is 1. The molecule has 0 bridgehead atoms. The molecule has 1 atom stereocenters. The summed E-state index contributed by atoms with van der Waals surface area (Å²) in [6.45, 7) is 1.59. The lowest BCUT2D eigenvalue weighted by Crippen LogP contribution is -2.46. The monoisotopic (exact) mass is 292 g/mol. The van der Waals surface area contributed by atoms with Crippen LogP contribution in [0.3, 0.4) is 0 Å². The Morgan fingerprint density at radius 2 is 2.10 bits per heavy atom. The zero-order chi connectivity index (χ0) is 15.2. The van der Waals surface area contributed by atoms with Crippen molar-refractivity contribution in [2.75, 3.05) is 45.3 Å². The van der Waals surface area contributed by atoms with Gasteiger partial charge in [0, 0.05) is 39.3 Å². The number of aliphatic hydroxyl groups is 1. The van der Waals surface area contributed by atoms with E-state index in [-0.39, 0.29) is 18.6 Å². The predicted molar refractivity (Wildman–Crippen MR) is 82.5 cm³/mol. The van der Waals surface area contributed by atoms with Crippen LogP contribution in [0.15, 0.2) is 24.3 Å². The number of rotatable bonds is 5. The van der Waals surface area contributed by atoms with E-state index in [0.717, 1.165) is 12.1 Å². The van der Waals surface area contributed by atoms with Gasteiger partial charge in [-0.1, -0.05) is 12.1 Å². The second kappa shape index (κ2) is 7.43. The normalized spacial score (nSPS) is 18.6. The zero-order valence-corrected chi connectivity index (χ0v) is 12.8. The first-order chi connectivity index (χ1) is 10.1. The maximum atomic E-state index is 12.2. The van der Waals surface area contributed by atoms with Crippen LogP contribution in [0.5, 0.6) is 0 Å². The molecule has 116 valence electrons. The number of morpholine rings is 1. The predicted octanol–water partition coefficient (Wildman–Crippen LogP) is 0.905. The zero-order valence-electron chi connectivity index (χ0n) is 12.8. The average molecular weight is 292 g/mol. The van der Waals surface area contributed by atoms with Crippen molar-refractivity contribution in [3.63, 3.8) is 0 Å². The molecule has 21 heavy (non-hydrogen) atoms. The van der Waals surface area contributed by atoms with Crippen molar-refractivity contribution >= 4 is 11.6 Å². The van der Waals surface area contributed by atoms with Crippen LogP contribution < -0.4 is 4.90 Å². The molecule has 1 heterocycles. The first kappa shape index (κ1) is 15.8. The van der Waals surface area contributed by atoms with Crippen LogP contribution in [0.1, 0.15) is 12.0 Å². The molecule has 0 spiro atoms. The van der Waals surface area contributed by atoms with Gasteiger partial charge in [-0.05, 0) is 24.1 Å². The third kappa shape index (κ3) is 4.44. The summed E-state index contributed by atoms with van der Waals surface area (Å²) in [4.78, 5) is 16.0. The summed E-state index contributed by atoms with van der Waals surface area (Å²) < 4.78 is 5.36. The minimum atomic E-state index is -0.234. The molecular formula is C16H24N2O3. The molecule has 1 fully saturated rings. The fourth-order valence-electron chi connectivity index (χ4n) is 2.43. The molecule has 1 aromatic rings. The summed E-state index contributed by atoms with van der Waals surface area (Å²) in [6, 6.07) is 8.27. The fourth-order valence-corrected chi connectivity index (χ4v) is 2.43. The van der Waals surface area contributed by atoms with E-state index >= 15 is 0 Å². The number of carbonyl (C=O) groups excluding carboxylic acids is 1. The Morgan fingerprint density at radius 3 is 2.71 bits per heavy atom. The van der Waals surface area contributed by atoms with Crippen molar-refractivity contribution in [2.45, 2.75) is 18.9 Å². The Hall–Kier alpha value is -1.59. The minimum absolute atomic E-state index is 0.0320. The van der Waals surface area contributed by atoms with Gasteiger partial charge in [0.25, 0.3) is 0 Å². The van der Waals surface area contributed by atoms with Crippen LogP contribution in [0, 0.1) is 0 Å². The topological polar surface area (TPSA) is 53.0 Å². The smallest absolute Gasteiger partial charge is 0.223 e. The quantitative estimate of drug-likeness (QED) is 0.876. The van der Waals surface area contributed by atoms with Gasteiger partial charge in [-0.15, -0.1) is 0 Å².